The van der Waals surface area contributed by atoms with E-state index < -0.39 is 0 Å². The van der Waals surface area contributed by atoms with E-state index in [0.29, 0.717) is 6.54 Å². The molecule has 0 N–H and O–H groups in total. The van der Waals surface area contributed by atoms with Crippen LogP contribution in [0.25, 0.3) is 17.0 Å². The van der Waals surface area contributed by atoms with Crippen LogP contribution < -0.4 is 4.57 Å². The number of ketones is 1. The minimum Gasteiger partial charge on any atom is -0.287 e. The summed E-state index contributed by atoms with van der Waals surface area (Å²) in [5.41, 5.74) is 5.52. The molecule has 2 nitrogen and oxygen atoms in total. The number of para-hydroxylation sites is 1. The van der Waals surface area contributed by atoms with E-state index in [1.54, 1.807) is 0 Å². The van der Waals surface area contributed by atoms with Gasteiger partial charge in [-0.3, -0.25) is 4.79 Å². The van der Waals surface area contributed by atoms with Crippen LogP contribution >= 0.6 is 0 Å². The van der Waals surface area contributed by atoms with Gasteiger partial charge in [0.25, 0.3) is 0 Å². The summed E-state index contributed by atoms with van der Waals surface area (Å²) in [6.07, 6.45) is 4.41. The molecule has 3 aromatic carbocycles. The Kier molecular flexibility index (Phi) is 4.10. The van der Waals surface area contributed by atoms with Crippen molar-refractivity contribution >= 4 is 22.8 Å². The number of hydrogen-bond acceptors (Lipinski definition) is 1. The molecule has 0 bridgehead atoms. The smallest absolute Gasteiger partial charge is 0.227 e. The Morgan fingerprint density at radius 3 is 2.43 bits per heavy atom. The van der Waals surface area contributed by atoms with E-state index in [9.17, 15) is 4.79 Å². The summed E-state index contributed by atoms with van der Waals surface area (Å²) >= 11 is 0. The molecule has 1 aliphatic carbocycles. The van der Waals surface area contributed by atoms with E-state index in [1.165, 1.54) is 11.1 Å². The first-order valence-electron chi connectivity index (χ1n) is 9.58. The molecule has 0 fully saturated rings. The third-order valence-electron chi connectivity index (χ3n) is 5.49. The fourth-order valence-corrected chi connectivity index (χ4v) is 4.09. The van der Waals surface area contributed by atoms with Gasteiger partial charge in [-0.25, -0.2) is 0 Å². The largest absolute Gasteiger partial charge is 0.287 e. The van der Waals surface area contributed by atoms with E-state index >= 15 is 0 Å². The zero-order valence-corrected chi connectivity index (χ0v) is 15.5. The van der Waals surface area contributed by atoms with Crippen LogP contribution in [0.3, 0.4) is 0 Å². The van der Waals surface area contributed by atoms with Crippen LogP contribution in [0.4, 0.5) is 0 Å². The van der Waals surface area contributed by atoms with Crippen molar-refractivity contribution in [3.05, 3.63) is 119 Å². The second kappa shape index (κ2) is 6.90. The Morgan fingerprint density at radius 2 is 1.54 bits per heavy atom. The lowest BCUT2D eigenvalue weighted by Crippen LogP contribution is -2.43. The summed E-state index contributed by atoms with van der Waals surface area (Å²) < 4.78 is 2.18. The normalized spacial score (nSPS) is 14.9. The SMILES string of the molecule is O=C(C[n+]1c(C2C=Cc3ccccc32)ccc2ccccc21)c1ccccc1. The fourth-order valence-electron chi connectivity index (χ4n) is 4.09. The van der Waals surface area contributed by atoms with Crippen LogP contribution in [0.5, 0.6) is 0 Å². The number of Topliss-reactive ketones (excluding diaryl/α,β-unsaturated/α-hetero) is 1. The average molecular weight is 362 g/mol. The third kappa shape index (κ3) is 2.84. The highest BCUT2D eigenvalue weighted by Crippen LogP contribution is 2.34. The van der Waals surface area contributed by atoms with E-state index in [2.05, 4.69) is 65.3 Å². The van der Waals surface area contributed by atoms with Crippen LogP contribution in [0.2, 0.25) is 0 Å². The number of benzene rings is 3. The molecule has 5 rings (SSSR count). The maximum atomic E-state index is 13.0. The maximum absolute atomic E-state index is 13.0. The third-order valence-corrected chi connectivity index (χ3v) is 5.49. The molecule has 0 radical (unpaired) electrons. The molecule has 4 aromatic rings. The van der Waals surface area contributed by atoms with Crippen LogP contribution in [-0.2, 0) is 6.54 Å². The molecular weight excluding hydrogens is 342 g/mol. The van der Waals surface area contributed by atoms with Gasteiger partial charge in [-0.1, -0.05) is 78.9 Å². The lowest BCUT2D eigenvalue weighted by atomic mass is 9.95. The van der Waals surface area contributed by atoms with Crippen LogP contribution in [0.1, 0.15) is 33.1 Å². The molecule has 1 heterocycles. The highest BCUT2D eigenvalue weighted by atomic mass is 16.1. The number of nitrogens with zero attached hydrogens (tertiary/aromatic N) is 1. The summed E-state index contributed by atoms with van der Waals surface area (Å²) in [5, 5.41) is 1.14. The summed E-state index contributed by atoms with van der Waals surface area (Å²) in [4.78, 5) is 13.0. The maximum Gasteiger partial charge on any atom is 0.227 e. The van der Waals surface area contributed by atoms with E-state index in [-0.39, 0.29) is 11.7 Å². The number of hydrogen-bond donors (Lipinski definition) is 0. The van der Waals surface area contributed by atoms with Gasteiger partial charge in [-0.05, 0) is 23.3 Å². The number of fused-ring (bicyclic) bond motifs is 2. The molecule has 0 amide bonds. The van der Waals surface area contributed by atoms with Crippen molar-refractivity contribution in [2.45, 2.75) is 12.5 Å². The first-order valence-corrected chi connectivity index (χ1v) is 9.58. The summed E-state index contributed by atoms with van der Waals surface area (Å²) in [5.74, 6) is 0.280. The van der Waals surface area contributed by atoms with Crippen LogP contribution in [0.15, 0.2) is 97.1 Å². The van der Waals surface area contributed by atoms with Gasteiger partial charge < -0.3 is 0 Å². The lowest BCUT2D eigenvalue weighted by molar-refractivity contribution is -0.665. The van der Waals surface area contributed by atoms with Crippen molar-refractivity contribution in [2.75, 3.05) is 0 Å². The van der Waals surface area contributed by atoms with E-state index in [4.69, 9.17) is 0 Å². The van der Waals surface area contributed by atoms with Crippen molar-refractivity contribution < 1.29 is 9.36 Å². The zero-order chi connectivity index (χ0) is 18.9. The topological polar surface area (TPSA) is 20.9 Å². The van der Waals surface area contributed by atoms with Gasteiger partial charge >= 0.3 is 0 Å². The second-order valence-electron chi connectivity index (χ2n) is 7.16. The molecule has 0 spiro atoms. The monoisotopic (exact) mass is 362 g/mol. The minimum atomic E-state index is 0.124. The van der Waals surface area contributed by atoms with Crippen LogP contribution in [0, 0.1) is 0 Å². The first kappa shape index (κ1) is 16.6. The average Bonchev–Trinajstić information content (AvgIpc) is 3.18. The van der Waals surface area contributed by atoms with Crippen molar-refractivity contribution in [3.63, 3.8) is 0 Å². The Balaban J connectivity index is 1.65. The highest BCUT2D eigenvalue weighted by Gasteiger charge is 2.29. The number of carbonyl (C=O) groups is 1. The Morgan fingerprint density at radius 1 is 0.786 bits per heavy atom. The minimum absolute atomic E-state index is 0.124. The highest BCUT2D eigenvalue weighted by molar-refractivity contribution is 5.95. The molecule has 1 aliphatic rings. The van der Waals surface area contributed by atoms with Gasteiger partial charge in [-0.15, -0.1) is 0 Å². The molecule has 0 saturated carbocycles. The number of allylic oxidation sites excluding steroid dienone is 1. The summed E-state index contributed by atoms with van der Waals surface area (Å²) in [6.45, 7) is 0.327. The van der Waals surface area contributed by atoms with Gasteiger partial charge in [0.05, 0.1) is 5.92 Å². The molecule has 0 aliphatic heterocycles. The van der Waals surface area contributed by atoms with Gasteiger partial charge in [0.1, 0.15) is 0 Å². The number of rotatable bonds is 4. The van der Waals surface area contributed by atoms with Crippen molar-refractivity contribution in [1.82, 2.24) is 0 Å². The van der Waals surface area contributed by atoms with E-state index in [0.717, 1.165) is 22.2 Å². The lowest BCUT2D eigenvalue weighted by Gasteiger charge is -2.13. The number of pyridine rings is 1. The quantitative estimate of drug-likeness (QED) is 0.362. The molecule has 134 valence electrons. The molecular formula is C26H20NO+. The molecule has 2 heteroatoms. The van der Waals surface area contributed by atoms with Gasteiger partial charge in [0.2, 0.25) is 17.8 Å². The fraction of sp³-hybridized carbons (Fsp3) is 0.0769. The molecule has 1 atom stereocenters. The Bertz CT molecular complexity index is 1210. The van der Waals surface area contributed by atoms with E-state index in [1.807, 2.05) is 42.5 Å². The zero-order valence-electron chi connectivity index (χ0n) is 15.5. The summed E-state index contributed by atoms with van der Waals surface area (Å²) in [7, 11) is 0. The van der Waals surface area contributed by atoms with Gasteiger partial charge in [0, 0.05) is 23.1 Å². The van der Waals surface area contributed by atoms with Crippen LogP contribution in [-0.4, -0.2) is 5.78 Å². The first-order chi connectivity index (χ1) is 13.8. The number of carbonyl (C=O) groups excluding carboxylic acids is 1. The van der Waals surface area contributed by atoms with Gasteiger partial charge in [-0.2, -0.15) is 4.57 Å². The molecule has 1 unspecified atom stereocenters. The molecule has 1 aromatic heterocycles. The predicted molar refractivity (Wildman–Crippen MR) is 112 cm³/mol. The summed E-state index contributed by atoms with van der Waals surface area (Å²) in [6, 6.07) is 30.6. The van der Waals surface area contributed by atoms with Gasteiger partial charge in [0.15, 0.2) is 5.69 Å². The van der Waals surface area contributed by atoms with Crippen molar-refractivity contribution in [2.24, 2.45) is 0 Å². The Hall–Kier alpha value is -3.52. The molecule has 28 heavy (non-hydrogen) atoms. The van der Waals surface area contributed by atoms with Crippen molar-refractivity contribution in [1.29, 1.82) is 0 Å². The number of aromatic nitrogens is 1. The molecule has 0 saturated heterocycles. The second-order valence-corrected chi connectivity index (χ2v) is 7.16. The predicted octanol–water partition coefficient (Wildman–Crippen LogP) is 5.17. The van der Waals surface area contributed by atoms with Crippen molar-refractivity contribution in [3.8, 4) is 0 Å². The Labute approximate surface area is 164 Å². The standard InChI is InChI=1S/C26H20NO/c28-26(21-10-2-1-3-11-21)18-27-24-13-7-5-9-20(24)15-17-25(27)23-16-14-19-8-4-6-12-22(19)23/h1-17,23H,18H2/q+1.